The zero-order valence-electron chi connectivity index (χ0n) is 12.8. The molecule has 0 bridgehead atoms. The maximum Gasteiger partial charge on any atom is 0.411 e. The molecule has 0 unspecified atom stereocenters. The van der Waals surface area contributed by atoms with Crippen LogP contribution in [0.1, 0.15) is 5.56 Å². The van der Waals surface area contributed by atoms with E-state index in [1.54, 1.807) is 12.1 Å². The van der Waals surface area contributed by atoms with E-state index in [2.05, 4.69) is 15.0 Å². The molecular formula is C16H14F4N2O3. The van der Waals surface area contributed by atoms with Gasteiger partial charge in [0.1, 0.15) is 24.8 Å². The summed E-state index contributed by atoms with van der Waals surface area (Å²) in [6.07, 6.45) is -3.04. The second-order valence-electron chi connectivity index (χ2n) is 4.91. The summed E-state index contributed by atoms with van der Waals surface area (Å²) in [5.74, 6) is -0.834. The Hall–Kier alpha value is -2.68. The fourth-order valence-electron chi connectivity index (χ4n) is 1.80. The predicted octanol–water partition coefficient (Wildman–Crippen LogP) is 3.21. The van der Waals surface area contributed by atoms with Crippen molar-refractivity contribution in [2.75, 3.05) is 13.2 Å². The van der Waals surface area contributed by atoms with Gasteiger partial charge in [-0.05, 0) is 18.2 Å². The molecular weight excluding hydrogens is 344 g/mol. The van der Waals surface area contributed by atoms with E-state index >= 15 is 0 Å². The summed E-state index contributed by atoms with van der Waals surface area (Å²) in [6.45, 7) is -2.26. The predicted molar refractivity (Wildman–Crippen MR) is 79.4 cm³/mol. The maximum absolute atomic E-state index is 13.2. The van der Waals surface area contributed by atoms with Crippen molar-refractivity contribution < 1.29 is 31.8 Å². The largest absolute Gasteiger partial charge is 0.439 e. The van der Waals surface area contributed by atoms with Crippen LogP contribution >= 0.6 is 0 Å². The van der Waals surface area contributed by atoms with Crippen LogP contribution in [0.4, 0.5) is 17.6 Å². The smallest absolute Gasteiger partial charge is 0.411 e. The topological polar surface area (TPSA) is 60.5 Å². The first kappa shape index (κ1) is 18.7. The second kappa shape index (κ2) is 8.43. The molecule has 2 aromatic rings. The Morgan fingerprint density at radius 1 is 1.20 bits per heavy atom. The Kier molecular flexibility index (Phi) is 6.29. The zero-order chi connectivity index (χ0) is 18.3. The minimum Gasteiger partial charge on any atom is -0.439 e. The number of ether oxygens (including phenoxy) is 2. The average molecular weight is 358 g/mol. The van der Waals surface area contributed by atoms with E-state index in [0.717, 1.165) is 0 Å². The number of hydrogen-bond acceptors (Lipinski definition) is 4. The lowest BCUT2D eigenvalue weighted by atomic mass is 10.2. The quantitative estimate of drug-likeness (QED) is 0.772. The number of carbonyl (C=O) groups excluding carboxylic acids is 1. The molecule has 0 aliphatic carbocycles. The molecule has 1 N–H and O–H groups in total. The highest BCUT2D eigenvalue weighted by atomic mass is 19.4. The average Bonchev–Trinajstić information content (AvgIpc) is 2.53. The number of halogens is 4. The van der Waals surface area contributed by atoms with Gasteiger partial charge in [-0.3, -0.25) is 4.79 Å². The Morgan fingerprint density at radius 3 is 2.72 bits per heavy atom. The molecule has 0 saturated heterocycles. The van der Waals surface area contributed by atoms with E-state index in [-0.39, 0.29) is 18.2 Å². The van der Waals surface area contributed by atoms with Crippen molar-refractivity contribution >= 4 is 5.91 Å². The summed E-state index contributed by atoms with van der Waals surface area (Å²) in [5, 5.41) is 2.40. The number of rotatable bonds is 7. The first-order chi connectivity index (χ1) is 11.8. The van der Waals surface area contributed by atoms with Crippen molar-refractivity contribution in [2.45, 2.75) is 12.7 Å². The lowest BCUT2D eigenvalue weighted by molar-refractivity contribution is -0.175. The van der Waals surface area contributed by atoms with Gasteiger partial charge in [0.05, 0.1) is 0 Å². The fraction of sp³-hybridized carbons (Fsp3) is 0.250. The Balaban J connectivity index is 1.91. The van der Waals surface area contributed by atoms with Crippen molar-refractivity contribution in [2.24, 2.45) is 0 Å². The first-order valence-corrected chi connectivity index (χ1v) is 7.12. The van der Waals surface area contributed by atoms with Crippen molar-refractivity contribution in [3.05, 3.63) is 54.0 Å². The zero-order valence-corrected chi connectivity index (χ0v) is 12.8. The standard InChI is InChI=1S/C16H14F4N2O3/c17-12-4-1-5-13(7-12)25-15-11(3-2-6-21-15)8-22-14(23)9-24-10-16(18,19)20/h1-7H,8-10H2,(H,22,23). The number of hydrogen-bond donors (Lipinski definition) is 1. The molecule has 1 amide bonds. The molecule has 0 fully saturated rings. The van der Waals surface area contributed by atoms with Crippen LogP contribution < -0.4 is 10.1 Å². The number of carbonyl (C=O) groups is 1. The molecule has 5 nitrogen and oxygen atoms in total. The Bertz CT molecular complexity index is 723. The van der Waals surface area contributed by atoms with E-state index in [0.29, 0.717) is 5.56 Å². The molecule has 1 aromatic carbocycles. The van der Waals surface area contributed by atoms with E-state index < -0.39 is 31.1 Å². The third-order valence-electron chi connectivity index (χ3n) is 2.84. The van der Waals surface area contributed by atoms with Crippen molar-refractivity contribution in [1.29, 1.82) is 0 Å². The van der Waals surface area contributed by atoms with Crippen LogP contribution in [0.3, 0.4) is 0 Å². The summed E-state index contributed by atoms with van der Waals surface area (Å²) in [4.78, 5) is 15.5. The summed E-state index contributed by atoms with van der Waals surface area (Å²) >= 11 is 0. The fourth-order valence-corrected chi connectivity index (χ4v) is 1.80. The molecule has 1 heterocycles. The highest BCUT2D eigenvalue weighted by Gasteiger charge is 2.27. The third-order valence-corrected chi connectivity index (χ3v) is 2.84. The SMILES string of the molecule is O=C(COCC(F)(F)F)NCc1cccnc1Oc1cccc(F)c1. The lowest BCUT2D eigenvalue weighted by Crippen LogP contribution is -2.29. The van der Waals surface area contributed by atoms with Crippen LogP contribution in [0.15, 0.2) is 42.6 Å². The minimum absolute atomic E-state index is 0.0350. The maximum atomic E-state index is 13.2. The summed E-state index contributed by atoms with van der Waals surface area (Å²) in [6, 6.07) is 8.63. The van der Waals surface area contributed by atoms with Crippen molar-refractivity contribution in [3.63, 3.8) is 0 Å². The number of aromatic nitrogens is 1. The van der Waals surface area contributed by atoms with Gasteiger partial charge >= 0.3 is 6.18 Å². The van der Waals surface area contributed by atoms with Gasteiger partial charge in [0.15, 0.2) is 0 Å². The van der Waals surface area contributed by atoms with E-state index in [1.165, 1.54) is 30.5 Å². The molecule has 0 aliphatic rings. The van der Waals surface area contributed by atoms with Gasteiger partial charge in [0, 0.05) is 24.4 Å². The van der Waals surface area contributed by atoms with Gasteiger partial charge < -0.3 is 14.8 Å². The Morgan fingerprint density at radius 2 is 2.00 bits per heavy atom. The molecule has 2 rings (SSSR count). The van der Waals surface area contributed by atoms with Crippen LogP contribution in [0, 0.1) is 5.82 Å². The lowest BCUT2D eigenvalue weighted by Gasteiger charge is -2.11. The van der Waals surface area contributed by atoms with Crippen LogP contribution in [-0.4, -0.2) is 30.3 Å². The summed E-state index contributed by atoms with van der Waals surface area (Å²) < 4.78 is 58.7. The van der Waals surface area contributed by atoms with Gasteiger partial charge in [0.25, 0.3) is 0 Å². The normalized spacial score (nSPS) is 11.2. The van der Waals surface area contributed by atoms with Crippen LogP contribution in [0.25, 0.3) is 0 Å². The number of benzene rings is 1. The first-order valence-electron chi connectivity index (χ1n) is 7.12. The van der Waals surface area contributed by atoms with E-state index in [9.17, 15) is 22.4 Å². The van der Waals surface area contributed by atoms with Gasteiger partial charge in [-0.25, -0.2) is 9.37 Å². The third kappa shape index (κ3) is 6.76. The van der Waals surface area contributed by atoms with Crippen LogP contribution in [-0.2, 0) is 16.1 Å². The number of alkyl halides is 3. The molecule has 9 heteroatoms. The van der Waals surface area contributed by atoms with Gasteiger partial charge in [-0.2, -0.15) is 13.2 Å². The van der Waals surface area contributed by atoms with Crippen LogP contribution in [0.5, 0.6) is 11.6 Å². The summed E-state index contributed by atoms with van der Waals surface area (Å²) in [5.41, 5.74) is 0.468. The molecule has 0 spiro atoms. The number of nitrogens with zero attached hydrogens (tertiary/aromatic N) is 1. The number of pyridine rings is 1. The molecule has 0 aliphatic heterocycles. The van der Waals surface area contributed by atoms with Crippen molar-refractivity contribution in [1.82, 2.24) is 10.3 Å². The van der Waals surface area contributed by atoms with E-state index in [4.69, 9.17) is 4.74 Å². The molecule has 1 aromatic heterocycles. The molecule has 25 heavy (non-hydrogen) atoms. The molecule has 0 saturated carbocycles. The number of nitrogens with one attached hydrogen (secondary N) is 1. The highest BCUT2D eigenvalue weighted by Crippen LogP contribution is 2.23. The van der Waals surface area contributed by atoms with Crippen LogP contribution in [0.2, 0.25) is 0 Å². The molecule has 0 atom stereocenters. The number of amides is 1. The van der Waals surface area contributed by atoms with Crippen molar-refractivity contribution in [3.8, 4) is 11.6 Å². The second-order valence-corrected chi connectivity index (χ2v) is 4.91. The summed E-state index contributed by atoms with van der Waals surface area (Å²) in [7, 11) is 0. The van der Waals surface area contributed by atoms with E-state index in [1.807, 2.05) is 0 Å². The molecule has 134 valence electrons. The monoisotopic (exact) mass is 358 g/mol. The van der Waals surface area contributed by atoms with Gasteiger partial charge in [-0.15, -0.1) is 0 Å². The Labute approximate surface area is 140 Å². The van der Waals surface area contributed by atoms with Gasteiger partial charge in [0.2, 0.25) is 11.8 Å². The minimum atomic E-state index is -4.49. The molecule has 0 radical (unpaired) electrons. The van der Waals surface area contributed by atoms with Gasteiger partial charge in [-0.1, -0.05) is 12.1 Å². The highest BCUT2D eigenvalue weighted by molar-refractivity contribution is 5.77.